The largest absolute Gasteiger partial charge is 0.354 e. The van der Waals surface area contributed by atoms with Crippen LogP contribution in [0.15, 0.2) is 48.8 Å². The van der Waals surface area contributed by atoms with Gasteiger partial charge in [0.2, 0.25) is 5.91 Å². The fourth-order valence-corrected chi connectivity index (χ4v) is 3.02. The van der Waals surface area contributed by atoms with Crippen molar-refractivity contribution in [3.63, 3.8) is 0 Å². The minimum absolute atomic E-state index is 0.0390. The van der Waals surface area contributed by atoms with Gasteiger partial charge < -0.3 is 16.4 Å². The maximum Gasteiger partial charge on any atom is 0.255 e. The molecule has 0 aliphatic heterocycles. The second kappa shape index (κ2) is 12.0. The van der Waals surface area contributed by atoms with Crippen LogP contribution in [0, 0.1) is 5.92 Å². The zero-order valence-corrected chi connectivity index (χ0v) is 17.4. The molecule has 6 nitrogen and oxygen atoms in total. The second-order valence-electron chi connectivity index (χ2n) is 7.51. The lowest BCUT2D eigenvalue weighted by Crippen LogP contribution is -2.32. The van der Waals surface area contributed by atoms with Crippen molar-refractivity contribution in [2.45, 2.75) is 52.0 Å². The topological polar surface area (TPSA) is 97.1 Å². The van der Waals surface area contributed by atoms with Gasteiger partial charge in [0, 0.05) is 42.7 Å². The molecule has 0 aliphatic carbocycles. The Hall–Kier alpha value is -2.73. The van der Waals surface area contributed by atoms with E-state index in [2.05, 4.69) is 29.5 Å². The van der Waals surface area contributed by atoms with Crippen LogP contribution in [-0.2, 0) is 4.79 Å². The predicted octanol–water partition coefficient (Wildman–Crippen LogP) is 4.06. The van der Waals surface area contributed by atoms with Crippen molar-refractivity contribution in [1.82, 2.24) is 10.3 Å². The fourth-order valence-electron chi connectivity index (χ4n) is 3.02. The van der Waals surface area contributed by atoms with Gasteiger partial charge in [-0.25, -0.2) is 0 Å². The molecule has 0 saturated carbocycles. The first-order chi connectivity index (χ1) is 14.0. The average Bonchev–Trinajstić information content (AvgIpc) is 2.75. The van der Waals surface area contributed by atoms with E-state index in [-0.39, 0.29) is 17.9 Å². The lowest BCUT2D eigenvalue weighted by Gasteiger charge is -2.15. The maximum atomic E-state index is 12.3. The third-order valence-corrected chi connectivity index (χ3v) is 4.97. The Labute approximate surface area is 173 Å². The number of aromatic nitrogens is 1. The van der Waals surface area contributed by atoms with E-state index in [1.807, 2.05) is 12.1 Å². The SMILES string of the molecule is CCCCC(C)CCC(=O)NCC(N)c1ccc(C(=O)Nc2ccncc2)cc1. The highest BCUT2D eigenvalue weighted by Gasteiger charge is 2.12. The van der Waals surface area contributed by atoms with Crippen molar-refractivity contribution in [2.24, 2.45) is 11.7 Å². The molecule has 6 heteroatoms. The molecule has 2 rings (SSSR count). The molecule has 0 saturated heterocycles. The lowest BCUT2D eigenvalue weighted by atomic mass is 9.99. The van der Waals surface area contributed by atoms with E-state index in [0.717, 1.165) is 12.0 Å². The van der Waals surface area contributed by atoms with Crippen molar-refractivity contribution in [1.29, 1.82) is 0 Å². The van der Waals surface area contributed by atoms with Crippen molar-refractivity contribution < 1.29 is 9.59 Å². The van der Waals surface area contributed by atoms with Crippen LogP contribution in [0.1, 0.15) is 67.9 Å². The first-order valence-corrected chi connectivity index (χ1v) is 10.3. The van der Waals surface area contributed by atoms with E-state index < -0.39 is 0 Å². The predicted molar refractivity (Wildman–Crippen MR) is 116 cm³/mol. The third kappa shape index (κ3) is 8.03. The molecule has 156 valence electrons. The average molecular weight is 397 g/mol. The molecule has 29 heavy (non-hydrogen) atoms. The lowest BCUT2D eigenvalue weighted by molar-refractivity contribution is -0.121. The van der Waals surface area contributed by atoms with E-state index in [9.17, 15) is 9.59 Å². The minimum atomic E-state index is -0.311. The molecule has 2 unspecified atom stereocenters. The van der Waals surface area contributed by atoms with Crippen molar-refractivity contribution >= 4 is 17.5 Å². The van der Waals surface area contributed by atoms with E-state index in [1.165, 1.54) is 19.3 Å². The van der Waals surface area contributed by atoms with Gasteiger partial charge in [-0.2, -0.15) is 0 Å². The molecule has 0 bridgehead atoms. The summed E-state index contributed by atoms with van der Waals surface area (Å²) in [7, 11) is 0. The molecule has 2 aromatic rings. The van der Waals surface area contributed by atoms with Gasteiger partial charge >= 0.3 is 0 Å². The zero-order valence-electron chi connectivity index (χ0n) is 17.4. The number of unbranched alkanes of at least 4 members (excludes halogenated alkanes) is 1. The summed E-state index contributed by atoms with van der Waals surface area (Å²) < 4.78 is 0. The third-order valence-electron chi connectivity index (χ3n) is 4.97. The molecule has 4 N–H and O–H groups in total. The fraction of sp³-hybridized carbons (Fsp3) is 0.435. The highest BCUT2D eigenvalue weighted by atomic mass is 16.2. The minimum Gasteiger partial charge on any atom is -0.354 e. The number of anilines is 1. The van der Waals surface area contributed by atoms with Crippen LogP contribution in [-0.4, -0.2) is 23.3 Å². The van der Waals surface area contributed by atoms with Gasteiger partial charge in [-0.05, 0) is 42.2 Å². The Kier molecular flexibility index (Phi) is 9.31. The molecule has 2 atom stereocenters. The number of hydrogen-bond donors (Lipinski definition) is 3. The first kappa shape index (κ1) is 22.6. The molecule has 1 heterocycles. The molecule has 2 amide bonds. The van der Waals surface area contributed by atoms with Crippen LogP contribution in [0.2, 0.25) is 0 Å². The van der Waals surface area contributed by atoms with E-state index in [1.54, 1.807) is 36.7 Å². The summed E-state index contributed by atoms with van der Waals surface area (Å²) >= 11 is 0. The Morgan fingerprint density at radius 2 is 1.76 bits per heavy atom. The Balaban J connectivity index is 1.77. The Bertz CT molecular complexity index is 762. The number of carbonyl (C=O) groups is 2. The molecule has 0 aliphatic rings. The van der Waals surface area contributed by atoms with Gasteiger partial charge in [0.05, 0.1) is 0 Å². The number of nitrogens with two attached hydrogens (primary N) is 1. The molecule has 0 radical (unpaired) electrons. The Morgan fingerprint density at radius 3 is 2.41 bits per heavy atom. The number of nitrogens with zero attached hydrogens (tertiary/aromatic N) is 1. The molecule has 1 aromatic carbocycles. The van der Waals surface area contributed by atoms with Gasteiger partial charge in [-0.3, -0.25) is 14.6 Å². The summed E-state index contributed by atoms with van der Waals surface area (Å²) in [5.41, 5.74) is 8.31. The van der Waals surface area contributed by atoms with Crippen LogP contribution in [0.3, 0.4) is 0 Å². The van der Waals surface area contributed by atoms with E-state index >= 15 is 0 Å². The van der Waals surface area contributed by atoms with Gasteiger partial charge in [0.15, 0.2) is 0 Å². The standard InChI is InChI=1S/C23H32N4O2/c1-3-4-5-17(2)6-11-22(28)26-16-21(24)18-7-9-19(10-8-18)23(29)27-20-12-14-25-15-13-20/h7-10,12-15,17,21H,3-6,11,16,24H2,1-2H3,(H,26,28)(H,25,27,29). The van der Waals surface area contributed by atoms with Crippen LogP contribution in [0.4, 0.5) is 5.69 Å². The zero-order chi connectivity index (χ0) is 21.1. The van der Waals surface area contributed by atoms with Crippen LogP contribution in [0.25, 0.3) is 0 Å². The summed E-state index contributed by atoms with van der Waals surface area (Å²) in [5, 5.41) is 5.73. The number of pyridine rings is 1. The number of nitrogens with one attached hydrogen (secondary N) is 2. The molecule has 0 fully saturated rings. The molecule has 1 aromatic heterocycles. The smallest absolute Gasteiger partial charge is 0.255 e. The summed E-state index contributed by atoms with van der Waals surface area (Å²) in [6.45, 7) is 4.76. The number of hydrogen-bond acceptors (Lipinski definition) is 4. The van der Waals surface area contributed by atoms with Crippen molar-refractivity contribution in [3.8, 4) is 0 Å². The van der Waals surface area contributed by atoms with Gasteiger partial charge in [-0.1, -0.05) is 45.2 Å². The van der Waals surface area contributed by atoms with Crippen LogP contribution >= 0.6 is 0 Å². The Morgan fingerprint density at radius 1 is 1.07 bits per heavy atom. The summed E-state index contributed by atoms with van der Waals surface area (Å²) in [4.78, 5) is 28.3. The van der Waals surface area contributed by atoms with Crippen molar-refractivity contribution in [2.75, 3.05) is 11.9 Å². The summed E-state index contributed by atoms with van der Waals surface area (Å²) in [5.74, 6) is 0.416. The van der Waals surface area contributed by atoms with Crippen molar-refractivity contribution in [3.05, 3.63) is 59.9 Å². The van der Waals surface area contributed by atoms with Gasteiger partial charge in [0.25, 0.3) is 5.91 Å². The van der Waals surface area contributed by atoms with Crippen LogP contribution < -0.4 is 16.4 Å². The highest BCUT2D eigenvalue weighted by molar-refractivity contribution is 6.04. The van der Waals surface area contributed by atoms with Gasteiger partial charge in [0.1, 0.15) is 0 Å². The summed E-state index contributed by atoms with van der Waals surface area (Å²) in [6, 6.07) is 10.3. The quantitative estimate of drug-likeness (QED) is 0.534. The summed E-state index contributed by atoms with van der Waals surface area (Å²) in [6.07, 6.45) is 8.26. The molecule has 0 spiro atoms. The van der Waals surface area contributed by atoms with E-state index in [0.29, 0.717) is 30.1 Å². The molecular weight excluding hydrogens is 364 g/mol. The number of amides is 2. The van der Waals surface area contributed by atoms with Gasteiger partial charge in [-0.15, -0.1) is 0 Å². The molecular formula is C23H32N4O2. The normalized spacial score (nSPS) is 12.8. The second-order valence-corrected chi connectivity index (χ2v) is 7.51. The number of rotatable bonds is 11. The first-order valence-electron chi connectivity index (χ1n) is 10.3. The maximum absolute atomic E-state index is 12.3. The van der Waals surface area contributed by atoms with E-state index in [4.69, 9.17) is 5.73 Å². The van der Waals surface area contributed by atoms with Crippen LogP contribution in [0.5, 0.6) is 0 Å². The highest BCUT2D eigenvalue weighted by Crippen LogP contribution is 2.15. The number of benzene rings is 1. The number of carbonyl (C=O) groups excluding carboxylic acids is 2. The monoisotopic (exact) mass is 396 g/mol.